The Labute approximate surface area is 143 Å². The van der Waals surface area contributed by atoms with Gasteiger partial charge >= 0.3 is 0 Å². The molecule has 0 spiro atoms. The number of hydrogen-bond donors (Lipinski definition) is 2. The third kappa shape index (κ3) is 4.14. The number of aliphatic hydroxyl groups is 2. The van der Waals surface area contributed by atoms with E-state index in [1.807, 2.05) is 6.07 Å². The molecule has 4 nitrogen and oxygen atoms in total. The van der Waals surface area contributed by atoms with E-state index in [0.717, 1.165) is 18.5 Å². The zero-order chi connectivity index (χ0) is 17.2. The van der Waals surface area contributed by atoms with Crippen molar-refractivity contribution in [2.24, 2.45) is 5.92 Å². The number of β-amino-alcohol motifs (C(OH)–C–C–N with tert-alkyl or cyclic N) is 1. The summed E-state index contributed by atoms with van der Waals surface area (Å²) in [6.07, 6.45) is 1.97. The Morgan fingerprint density at radius 1 is 1.38 bits per heavy atom. The molecule has 2 aliphatic rings. The highest BCUT2D eigenvalue weighted by Crippen LogP contribution is 2.37. The average molecular weight is 337 g/mol. The maximum atomic E-state index is 13.6. The fourth-order valence-corrected chi connectivity index (χ4v) is 4.19. The van der Waals surface area contributed by atoms with E-state index in [1.165, 1.54) is 6.07 Å². The number of nitrogens with zero attached hydrogens (tertiary/aromatic N) is 1. The van der Waals surface area contributed by atoms with Crippen molar-refractivity contribution in [2.75, 3.05) is 26.3 Å². The van der Waals surface area contributed by atoms with Gasteiger partial charge in [0.05, 0.1) is 11.7 Å². The van der Waals surface area contributed by atoms with Crippen molar-refractivity contribution in [3.63, 3.8) is 0 Å². The van der Waals surface area contributed by atoms with E-state index in [0.29, 0.717) is 44.9 Å². The minimum absolute atomic E-state index is 0.125. The molecular formula is C19H28FNO3. The van der Waals surface area contributed by atoms with Gasteiger partial charge in [-0.3, -0.25) is 4.90 Å². The topological polar surface area (TPSA) is 52.9 Å². The van der Waals surface area contributed by atoms with Crippen LogP contribution in [-0.4, -0.2) is 53.1 Å². The summed E-state index contributed by atoms with van der Waals surface area (Å²) in [6, 6.07) is 6.89. The van der Waals surface area contributed by atoms with Crippen LogP contribution in [0.1, 0.15) is 44.2 Å². The molecule has 3 unspecified atom stereocenters. The van der Waals surface area contributed by atoms with E-state index in [9.17, 15) is 14.6 Å². The molecule has 1 aromatic carbocycles. The molecule has 2 aliphatic heterocycles. The fraction of sp³-hybridized carbons (Fsp3) is 0.684. The van der Waals surface area contributed by atoms with Crippen LogP contribution >= 0.6 is 0 Å². The van der Waals surface area contributed by atoms with Gasteiger partial charge in [0, 0.05) is 32.2 Å². The third-order valence-corrected chi connectivity index (χ3v) is 5.48. The van der Waals surface area contributed by atoms with Crippen LogP contribution in [0.3, 0.4) is 0 Å². The fourth-order valence-electron chi connectivity index (χ4n) is 4.19. The van der Waals surface area contributed by atoms with Crippen LogP contribution in [0, 0.1) is 11.7 Å². The molecule has 0 aliphatic carbocycles. The number of halogens is 1. The van der Waals surface area contributed by atoms with Gasteiger partial charge in [-0.25, -0.2) is 4.39 Å². The molecule has 2 saturated heterocycles. The molecule has 0 amide bonds. The van der Waals surface area contributed by atoms with Crippen LogP contribution in [0.2, 0.25) is 0 Å². The predicted molar refractivity (Wildman–Crippen MR) is 90.1 cm³/mol. The van der Waals surface area contributed by atoms with Gasteiger partial charge in [-0.1, -0.05) is 19.1 Å². The lowest BCUT2D eigenvalue weighted by molar-refractivity contribution is -0.0899. The van der Waals surface area contributed by atoms with Crippen LogP contribution < -0.4 is 0 Å². The van der Waals surface area contributed by atoms with Gasteiger partial charge < -0.3 is 14.9 Å². The van der Waals surface area contributed by atoms with Gasteiger partial charge in [0.25, 0.3) is 0 Å². The van der Waals surface area contributed by atoms with Crippen LogP contribution in [0.4, 0.5) is 4.39 Å². The van der Waals surface area contributed by atoms with Crippen molar-refractivity contribution in [1.29, 1.82) is 0 Å². The smallest absolute Gasteiger partial charge is 0.123 e. The molecule has 2 heterocycles. The van der Waals surface area contributed by atoms with Gasteiger partial charge in [0.2, 0.25) is 0 Å². The minimum atomic E-state index is -0.822. The summed E-state index contributed by atoms with van der Waals surface area (Å²) in [7, 11) is 0. The van der Waals surface area contributed by atoms with Gasteiger partial charge in [-0.15, -0.1) is 0 Å². The summed E-state index contributed by atoms with van der Waals surface area (Å²) < 4.78 is 18.9. The molecule has 1 aromatic rings. The second kappa shape index (κ2) is 7.48. The summed E-state index contributed by atoms with van der Waals surface area (Å²) >= 11 is 0. The molecule has 0 bridgehead atoms. The Kier molecular flexibility index (Phi) is 5.55. The standard InChI is InChI=1S/C19H28FNO3/c1-14-5-8-21(18(14)15-3-2-4-16(20)11-15)13-17(22)12-19(23)6-9-24-10-7-19/h2-4,11,14,17-18,22-23H,5-10,12-13H2,1H3. The monoisotopic (exact) mass is 337 g/mol. The number of benzene rings is 1. The van der Waals surface area contributed by atoms with E-state index >= 15 is 0 Å². The summed E-state index contributed by atoms with van der Waals surface area (Å²) in [5.74, 6) is 0.203. The normalized spacial score (nSPS) is 28.8. The summed E-state index contributed by atoms with van der Waals surface area (Å²) in [5, 5.41) is 21.1. The second-order valence-corrected chi connectivity index (χ2v) is 7.46. The van der Waals surface area contributed by atoms with E-state index in [4.69, 9.17) is 4.74 Å². The number of likely N-dealkylation sites (tertiary alicyclic amines) is 1. The van der Waals surface area contributed by atoms with Crippen molar-refractivity contribution < 1.29 is 19.3 Å². The number of ether oxygens (including phenoxy) is 1. The molecule has 3 rings (SSSR count). The maximum Gasteiger partial charge on any atom is 0.123 e. The Balaban J connectivity index is 1.64. The average Bonchev–Trinajstić information content (AvgIpc) is 2.88. The lowest BCUT2D eigenvalue weighted by Gasteiger charge is -2.35. The zero-order valence-corrected chi connectivity index (χ0v) is 14.3. The highest BCUT2D eigenvalue weighted by Gasteiger charge is 2.36. The first-order chi connectivity index (χ1) is 11.5. The van der Waals surface area contributed by atoms with Crippen molar-refractivity contribution in [3.05, 3.63) is 35.6 Å². The molecular weight excluding hydrogens is 309 g/mol. The van der Waals surface area contributed by atoms with Crippen molar-refractivity contribution in [1.82, 2.24) is 4.90 Å². The highest BCUT2D eigenvalue weighted by molar-refractivity contribution is 5.22. The highest BCUT2D eigenvalue weighted by atomic mass is 19.1. The van der Waals surface area contributed by atoms with Crippen LogP contribution in [0.5, 0.6) is 0 Å². The number of rotatable bonds is 5. The first-order valence-electron chi connectivity index (χ1n) is 8.94. The lowest BCUT2D eigenvalue weighted by Crippen LogP contribution is -2.42. The quantitative estimate of drug-likeness (QED) is 0.867. The number of hydrogen-bond acceptors (Lipinski definition) is 4. The summed E-state index contributed by atoms with van der Waals surface area (Å²) in [4.78, 5) is 2.23. The molecule has 5 heteroatoms. The van der Waals surface area contributed by atoms with Crippen LogP contribution in [0.25, 0.3) is 0 Å². The Morgan fingerprint density at radius 2 is 2.12 bits per heavy atom. The summed E-state index contributed by atoms with van der Waals surface area (Å²) in [5.41, 5.74) is 0.147. The minimum Gasteiger partial charge on any atom is -0.392 e. The van der Waals surface area contributed by atoms with Crippen molar-refractivity contribution >= 4 is 0 Å². The molecule has 0 radical (unpaired) electrons. The van der Waals surface area contributed by atoms with Gasteiger partial charge in [-0.2, -0.15) is 0 Å². The molecule has 0 saturated carbocycles. The zero-order valence-electron chi connectivity index (χ0n) is 14.3. The molecule has 24 heavy (non-hydrogen) atoms. The molecule has 2 N–H and O–H groups in total. The van der Waals surface area contributed by atoms with Gasteiger partial charge in [0.1, 0.15) is 5.82 Å². The van der Waals surface area contributed by atoms with Crippen molar-refractivity contribution in [2.45, 2.75) is 50.4 Å². The first-order valence-corrected chi connectivity index (χ1v) is 8.94. The van der Waals surface area contributed by atoms with E-state index in [2.05, 4.69) is 11.8 Å². The molecule has 3 atom stereocenters. The Morgan fingerprint density at radius 3 is 2.83 bits per heavy atom. The SMILES string of the molecule is CC1CCN(CC(O)CC2(O)CCOCC2)C1c1cccc(F)c1. The summed E-state index contributed by atoms with van der Waals surface area (Å²) in [6.45, 7) is 4.68. The first kappa shape index (κ1) is 17.8. The molecule has 0 aromatic heterocycles. The van der Waals surface area contributed by atoms with Crippen LogP contribution in [0.15, 0.2) is 24.3 Å². The van der Waals surface area contributed by atoms with Crippen LogP contribution in [-0.2, 0) is 4.74 Å². The maximum absolute atomic E-state index is 13.6. The second-order valence-electron chi connectivity index (χ2n) is 7.46. The van der Waals surface area contributed by atoms with Gasteiger partial charge in [0.15, 0.2) is 0 Å². The number of aliphatic hydroxyl groups excluding tert-OH is 1. The van der Waals surface area contributed by atoms with E-state index in [-0.39, 0.29) is 11.9 Å². The van der Waals surface area contributed by atoms with Crippen molar-refractivity contribution in [3.8, 4) is 0 Å². The van der Waals surface area contributed by atoms with Gasteiger partial charge in [-0.05, 0) is 49.4 Å². The molecule has 134 valence electrons. The lowest BCUT2D eigenvalue weighted by atomic mass is 9.88. The third-order valence-electron chi connectivity index (χ3n) is 5.48. The Hall–Kier alpha value is -1.01. The Bertz CT molecular complexity index is 547. The van der Waals surface area contributed by atoms with E-state index in [1.54, 1.807) is 12.1 Å². The van der Waals surface area contributed by atoms with E-state index < -0.39 is 11.7 Å². The predicted octanol–water partition coefficient (Wildman–Crippen LogP) is 2.50. The molecule has 2 fully saturated rings. The largest absolute Gasteiger partial charge is 0.392 e.